The number of likely N-dealkylation sites (N-methyl/N-ethyl adjacent to an activating group) is 1. The number of ether oxygens (including phenoxy) is 1. The largest absolute Gasteiger partial charge is 0.376 e. The molecule has 2 aliphatic rings. The van der Waals surface area contributed by atoms with Crippen LogP contribution in [-0.4, -0.2) is 67.3 Å². The van der Waals surface area contributed by atoms with Crippen molar-refractivity contribution in [3.8, 4) is 0 Å². The fraction of sp³-hybridized carbons (Fsp3) is 0.733. The Kier molecular flexibility index (Phi) is 3.99. The monoisotopic (exact) mass is 293 g/mol. The van der Waals surface area contributed by atoms with E-state index in [1.54, 1.807) is 13.0 Å². The maximum Gasteiger partial charge on any atom is 0.276 e. The van der Waals surface area contributed by atoms with Crippen LogP contribution in [0.3, 0.4) is 0 Å². The zero-order chi connectivity index (χ0) is 15.0. The first-order valence-corrected chi connectivity index (χ1v) is 7.53. The molecule has 0 spiro atoms. The van der Waals surface area contributed by atoms with E-state index < -0.39 is 0 Å². The van der Waals surface area contributed by atoms with Crippen molar-refractivity contribution in [2.75, 3.05) is 40.3 Å². The Hall–Kier alpha value is -1.40. The van der Waals surface area contributed by atoms with Crippen LogP contribution in [0.25, 0.3) is 0 Å². The average molecular weight is 293 g/mol. The van der Waals surface area contributed by atoms with Crippen molar-refractivity contribution in [3.05, 3.63) is 17.5 Å². The molecular formula is C15H23N3O3. The number of hydrogen-bond acceptors (Lipinski definition) is 5. The molecule has 0 aliphatic carbocycles. The van der Waals surface area contributed by atoms with Crippen molar-refractivity contribution in [2.24, 2.45) is 11.8 Å². The van der Waals surface area contributed by atoms with Crippen molar-refractivity contribution < 1.29 is 14.1 Å². The van der Waals surface area contributed by atoms with E-state index >= 15 is 0 Å². The van der Waals surface area contributed by atoms with E-state index in [-0.39, 0.29) is 5.91 Å². The van der Waals surface area contributed by atoms with Gasteiger partial charge >= 0.3 is 0 Å². The second-order valence-corrected chi connectivity index (χ2v) is 6.42. The average Bonchev–Trinajstić information content (AvgIpc) is 3.04. The lowest BCUT2D eigenvalue weighted by atomic mass is 9.84. The van der Waals surface area contributed by atoms with Gasteiger partial charge in [-0.25, -0.2) is 0 Å². The summed E-state index contributed by atoms with van der Waals surface area (Å²) in [5, 5.41) is 3.83. The topological polar surface area (TPSA) is 58.8 Å². The number of carbonyl (C=O) groups excluding carboxylic acids is 1. The van der Waals surface area contributed by atoms with Crippen LogP contribution < -0.4 is 0 Å². The number of fused-ring (bicyclic) bond motifs is 1. The fourth-order valence-electron chi connectivity index (χ4n) is 3.45. The highest BCUT2D eigenvalue weighted by Gasteiger charge is 2.42. The van der Waals surface area contributed by atoms with Crippen LogP contribution in [0.2, 0.25) is 0 Å². The third-order valence-corrected chi connectivity index (χ3v) is 4.47. The number of piperidine rings is 1. The Balaban J connectivity index is 1.62. The first-order valence-electron chi connectivity index (χ1n) is 7.53. The summed E-state index contributed by atoms with van der Waals surface area (Å²) in [7, 11) is 4.14. The molecule has 1 aromatic heterocycles. The first-order chi connectivity index (χ1) is 10.0. The van der Waals surface area contributed by atoms with Crippen molar-refractivity contribution in [1.82, 2.24) is 15.0 Å². The highest BCUT2D eigenvalue weighted by molar-refractivity contribution is 5.92. The van der Waals surface area contributed by atoms with E-state index in [9.17, 15) is 4.79 Å². The number of likely N-dealkylation sites (tertiary alicyclic amines) is 1. The number of amides is 1. The standard InChI is InChI=1S/C15H23N3O3/c1-10-6-13(16-21-10)15(19)18-5-4-12-11(7-18)9-20-14(12)8-17(2)3/h6,11-12,14H,4-5,7-9H2,1-3H3/t11-,12-,14-/m0/s1. The van der Waals surface area contributed by atoms with E-state index in [0.717, 1.165) is 32.7 Å². The van der Waals surface area contributed by atoms with Crippen LogP contribution >= 0.6 is 0 Å². The summed E-state index contributed by atoms with van der Waals surface area (Å²) < 4.78 is 10.9. The number of aryl methyl sites for hydroxylation is 1. The van der Waals surface area contributed by atoms with Gasteiger partial charge in [0.25, 0.3) is 5.91 Å². The van der Waals surface area contributed by atoms with Crippen LogP contribution in [0.1, 0.15) is 22.7 Å². The summed E-state index contributed by atoms with van der Waals surface area (Å²) in [5.41, 5.74) is 0.412. The van der Waals surface area contributed by atoms with E-state index in [2.05, 4.69) is 24.2 Å². The molecule has 3 heterocycles. The molecule has 2 fully saturated rings. The SMILES string of the molecule is Cc1cc(C(=O)N2CC[C@H]3[C@H](CO[C@H]3CN(C)C)C2)no1. The normalized spacial score (nSPS) is 29.0. The molecule has 1 aromatic rings. The van der Waals surface area contributed by atoms with Gasteiger partial charge in [0, 0.05) is 31.6 Å². The predicted octanol–water partition coefficient (Wildman–Crippen LogP) is 1.02. The van der Waals surface area contributed by atoms with E-state index in [1.165, 1.54) is 0 Å². The molecule has 0 aromatic carbocycles. The summed E-state index contributed by atoms with van der Waals surface area (Å²) in [6.07, 6.45) is 1.31. The van der Waals surface area contributed by atoms with Gasteiger partial charge in [0.1, 0.15) is 5.76 Å². The zero-order valence-electron chi connectivity index (χ0n) is 12.9. The van der Waals surface area contributed by atoms with E-state index in [0.29, 0.717) is 29.4 Å². The van der Waals surface area contributed by atoms with Gasteiger partial charge in [-0.3, -0.25) is 4.79 Å². The molecule has 0 N–H and O–H groups in total. The van der Waals surface area contributed by atoms with Crippen LogP contribution in [-0.2, 0) is 4.74 Å². The molecule has 3 rings (SSSR count). The van der Waals surface area contributed by atoms with Crippen LogP contribution in [0.15, 0.2) is 10.6 Å². The highest BCUT2D eigenvalue weighted by Crippen LogP contribution is 2.35. The lowest BCUT2D eigenvalue weighted by Crippen LogP contribution is -2.45. The summed E-state index contributed by atoms with van der Waals surface area (Å²) in [4.78, 5) is 16.5. The molecule has 6 nitrogen and oxygen atoms in total. The fourth-order valence-corrected chi connectivity index (χ4v) is 3.45. The molecule has 116 valence electrons. The predicted molar refractivity (Wildman–Crippen MR) is 77.0 cm³/mol. The molecule has 3 atom stereocenters. The quantitative estimate of drug-likeness (QED) is 0.833. The van der Waals surface area contributed by atoms with Gasteiger partial charge in [0.15, 0.2) is 5.69 Å². The number of rotatable bonds is 3. The minimum atomic E-state index is -0.0265. The molecule has 0 bridgehead atoms. The second-order valence-electron chi connectivity index (χ2n) is 6.42. The van der Waals surface area contributed by atoms with Crippen molar-refractivity contribution in [1.29, 1.82) is 0 Å². The summed E-state index contributed by atoms with van der Waals surface area (Å²) in [5.74, 6) is 1.65. The minimum absolute atomic E-state index is 0.0265. The summed E-state index contributed by atoms with van der Waals surface area (Å²) >= 11 is 0. The Morgan fingerprint density at radius 3 is 3.00 bits per heavy atom. The molecule has 0 radical (unpaired) electrons. The van der Waals surface area contributed by atoms with Gasteiger partial charge in [0.05, 0.1) is 12.7 Å². The lowest BCUT2D eigenvalue weighted by Gasteiger charge is -2.35. The van der Waals surface area contributed by atoms with Crippen LogP contribution in [0.5, 0.6) is 0 Å². The van der Waals surface area contributed by atoms with Crippen molar-refractivity contribution in [3.63, 3.8) is 0 Å². The van der Waals surface area contributed by atoms with Gasteiger partial charge < -0.3 is 19.1 Å². The third-order valence-electron chi connectivity index (χ3n) is 4.47. The number of hydrogen-bond donors (Lipinski definition) is 0. The second kappa shape index (κ2) is 5.77. The molecule has 2 aliphatic heterocycles. The zero-order valence-corrected chi connectivity index (χ0v) is 12.9. The molecule has 6 heteroatoms. The van der Waals surface area contributed by atoms with Gasteiger partial charge in [-0.05, 0) is 33.4 Å². The van der Waals surface area contributed by atoms with Crippen molar-refractivity contribution in [2.45, 2.75) is 19.4 Å². The Labute approximate surface area is 125 Å². The molecule has 1 amide bonds. The number of aromatic nitrogens is 1. The summed E-state index contributed by atoms with van der Waals surface area (Å²) in [6.45, 7) is 5.05. The molecular weight excluding hydrogens is 270 g/mol. The van der Waals surface area contributed by atoms with Crippen LogP contribution in [0.4, 0.5) is 0 Å². The van der Waals surface area contributed by atoms with Crippen molar-refractivity contribution >= 4 is 5.91 Å². The van der Waals surface area contributed by atoms with E-state index in [1.807, 2.05) is 4.90 Å². The maximum atomic E-state index is 12.4. The number of nitrogens with zero attached hydrogens (tertiary/aromatic N) is 3. The highest BCUT2D eigenvalue weighted by atomic mass is 16.5. The number of carbonyl (C=O) groups is 1. The molecule has 2 saturated heterocycles. The Morgan fingerprint density at radius 2 is 2.33 bits per heavy atom. The van der Waals surface area contributed by atoms with Gasteiger partial charge in [-0.15, -0.1) is 0 Å². The Morgan fingerprint density at radius 1 is 1.52 bits per heavy atom. The molecule has 0 unspecified atom stereocenters. The van der Waals surface area contributed by atoms with Gasteiger partial charge in [0.2, 0.25) is 0 Å². The third kappa shape index (κ3) is 2.96. The lowest BCUT2D eigenvalue weighted by molar-refractivity contribution is 0.0548. The van der Waals surface area contributed by atoms with Crippen LogP contribution in [0, 0.1) is 18.8 Å². The Bertz CT molecular complexity index is 514. The smallest absolute Gasteiger partial charge is 0.276 e. The minimum Gasteiger partial charge on any atom is -0.376 e. The summed E-state index contributed by atoms with van der Waals surface area (Å²) in [6, 6.07) is 1.70. The van der Waals surface area contributed by atoms with Gasteiger partial charge in [-0.2, -0.15) is 0 Å². The molecule has 0 saturated carbocycles. The molecule has 21 heavy (non-hydrogen) atoms. The first kappa shape index (κ1) is 14.5. The maximum absolute atomic E-state index is 12.4. The van der Waals surface area contributed by atoms with Gasteiger partial charge in [-0.1, -0.05) is 5.16 Å². The van der Waals surface area contributed by atoms with E-state index in [4.69, 9.17) is 9.26 Å².